The molecule has 12 nitrogen and oxygen atoms in total. The first kappa shape index (κ1) is 35.7. The van der Waals surface area contributed by atoms with E-state index in [4.69, 9.17) is 19.3 Å². The maximum atomic E-state index is 10.7. The summed E-state index contributed by atoms with van der Waals surface area (Å²) in [6, 6.07) is 0. The van der Waals surface area contributed by atoms with Gasteiger partial charge in [-0.1, -0.05) is 0 Å². The van der Waals surface area contributed by atoms with Gasteiger partial charge in [0.1, 0.15) is 0 Å². The number of hydrogen-bond donors (Lipinski definition) is 4. The molecule has 0 saturated carbocycles. The molecule has 0 aliphatic heterocycles. The van der Waals surface area contributed by atoms with Gasteiger partial charge in [0.2, 0.25) is 0 Å². The molecule has 0 fully saturated rings. The first-order valence-corrected chi connectivity index (χ1v) is 6.34. The predicted molar refractivity (Wildman–Crippen MR) is 51.7 cm³/mol. The molecule has 0 aromatic heterocycles. The second kappa shape index (κ2) is 14.8. The second-order valence-electron chi connectivity index (χ2n) is 2.55. The molecule has 0 bridgehead atoms. The van der Waals surface area contributed by atoms with E-state index in [1.807, 2.05) is 0 Å². The second-order valence-corrected chi connectivity index (χ2v) is 4.59. The van der Waals surface area contributed by atoms with Crippen LogP contribution in [0.25, 0.3) is 0 Å². The molecule has 0 heterocycles. The Labute approximate surface area is 219 Å². The molecule has 0 aromatic carbocycles. The molecular weight excluding hydrogens is 396 g/mol. The van der Waals surface area contributed by atoms with Crippen molar-refractivity contribution < 1.29 is 178 Å². The van der Waals surface area contributed by atoms with Gasteiger partial charge in [-0.15, -0.1) is 0 Å². The average Bonchev–Trinajstić information content (AvgIpc) is 2.09. The fourth-order valence-electron chi connectivity index (χ4n) is 0.564. The SMILES string of the molecule is O=C(OS(=O)(=O)O)C(O)C(O)C(=O)OS(=O)(=O)O.[H-].[H-].[H-].[H-].[Na+].[Na+].[Na+].[Na+]. The van der Waals surface area contributed by atoms with E-state index in [0.29, 0.717) is 0 Å². The number of carbonyl (C=O) groups excluding carboxylic acids is 2. The summed E-state index contributed by atoms with van der Waals surface area (Å²) in [6.45, 7) is 0. The van der Waals surface area contributed by atoms with Crippen LogP contribution in [-0.4, -0.2) is 60.3 Å². The molecule has 2 unspecified atom stereocenters. The molecule has 0 rings (SSSR count). The fourth-order valence-corrected chi connectivity index (χ4v) is 1.18. The van der Waals surface area contributed by atoms with Gasteiger partial charge in [-0.05, 0) is 0 Å². The summed E-state index contributed by atoms with van der Waals surface area (Å²) in [5, 5.41) is 17.7. The molecule has 0 spiro atoms. The van der Waals surface area contributed by atoms with Crippen LogP contribution in [0.2, 0.25) is 0 Å². The predicted octanol–water partition coefficient (Wildman–Crippen LogP) is -15.1. The minimum absolute atomic E-state index is 0. The van der Waals surface area contributed by atoms with Crippen LogP contribution in [0.4, 0.5) is 0 Å². The number of hydrogen-bond acceptors (Lipinski definition) is 10. The molecule has 0 saturated heterocycles. The standard InChI is InChI=1S/C4H6O12S2.4Na.4H/c5-1(3(7)15-17(9,10)11)2(6)4(8)16-18(12,13)14;;;;;;;;/h1-2,5-6H,(H,9,10,11)(H,12,13,14);;;;;;;;/q;4*+1;4*-1. The van der Waals surface area contributed by atoms with Gasteiger partial charge in [-0.2, -0.15) is 16.8 Å². The Hall–Kier alpha value is 2.68. The van der Waals surface area contributed by atoms with E-state index in [1.54, 1.807) is 0 Å². The van der Waals surface area contributed by atoms with E-state index in [0.717, 1.165) is 0 Å². The molecular formula is C4H10Na4O12S2. The summed E-state index contributed by atoms with van der Waals surface area (Å²) >= 11 is 0. The molecule has 114 valence electrons. The number of carbonyl (C=O) groups is 2. The Morgan fingerprint density at radius 1 is 0.727 bits per heavy atom. The van der Waals surface area contributed by atoms with Crippen molar-refractivity contribution in [2.75, 3.05) is 0 Å². The van der Waals surface area contributed by atoms with E-state index in [2.05, 4.69) is 8.37 Å². The Bertz CT molecular complexity index is 508. The molecule has 4 N–H and O–H groups in total. The van der Waals surface area contributed by atoms with Gasteiger partial charge < -0.3 is 24.3 Å². The van der Waals surface area contributed by atoms with Gasteiger partial charge >= 0.3 is 151 Å². The van der Waals surface area contributed by atoms with Crippen molar-refractivity contribution in [3.8, 4) is 0 Å². The normalized spacial score (nSPS) is 12.7. The monoisotopic (exact) mass is 406 g/mol. The summed E-state index contributed by atoms with van der Waals surface area (Å²) in [5.74, 6) is -4.37. The first-order valence-electron chi connectivity index (χ1n) is 3.61. The fraction of sp³-hybridized carbons (Fsp3) is 0.500. The topological polar surface area (TPSA) is 202 Å². The zero-order chi connectivity index (χ0) is 14.7. The van der Waals surface area contributed by atoms with E-state index in [9.17, 15) is 26.4 Å². The third kappa shape index (κ3) is 17.5. The number of aliphatic hydroxyl groups excluding tert-OH is 2. The van der Waals surface area contributed by atoms with Crippen LogP contribution in [0.5, 0.6) is 0 Å². The molecule has 22 heavy (non-hydrogen) atoms. The molecule has 0 radical (unpaired) electrons. The van der Waals surface area contributed by atoms with Crippen molar-refractivity contribution in [1.29, 1.82) is 0 Å². The molecule has 0 aliphatic carbocycles. The molecule has 18 heteroatoms. The number of aliphatic hydroxyl groups is 2. The van der Waals surface area contributed by atoms with Crippen molar-refractivity contribution in [3.63, 3.8) is 0 Å². The Balaban J connectivity index is -0.0000000516. The van der Waals surface area contributed by atoms with Crippen LogP contribution in [0, 0.1) is 0 Å². The number of rotatable bonds is 5. The van der Waals surface area contributed by atoms with Crippen LogP contribution >= 0.6 is 0 Å². The largest absolute Gasteiger partial charge is 1.00 e. The van der Waals surface area contributed by atoms with Crippen molar-refractivity contribution in [2.45, 2.75) is 12.2 Å². The van der Waals surface area contributed by atoms with Gasteiger partial charge in [0.25, 0.3) is 0 Å². The third-order valence-electron chi connectivity index (χ3n) is 1.16. The van der Waals surface area contributed by atoms with Gasteiger partial charge in [0.15, 0.2) is 12.2 Å². The van der Waals surface area contributed by atoms with Crippen LogP contribution in [0.15, 0.2) is 0 Å². The Morgan fingerprint density at radius 2 is 0.909 bits per heavy atom. The Morgan fingerprint density at radius 3 is 1.05 bits per heavy atom. The Kier molecular flexibility index (Phi) is 24.1. The summed E-state index contributed by atoms with van der Waals surface area (Å²) in [7, 11) is -10.6. The van der Waals surface area contributed by atoms with Crippen molar-refractivity contribution in [1.82, 2.24) is 0 Å². The van der Waals surface area contributed by atoms with E-state index in [1.165, 1.54) is 0 Å². The minimum atomic E-state index is -5.30. The van der Waals surface area contributed by atoms with Gasteiger partial charge in [-0.3, -0.25) is 9.11 Å². The first-order chi connectivity index (χ1) is 7.83. The maximum Gasteiger partial charge on any atom is 1.00 e. The van der Waals surface area contributed by atoms with Crippen molar-refractivity contribution >= 4 is 32.7 Å². The van der Waals surface area contributed by atoms with Crippen molar-refractivity contribution in [3.05, 3.63) is 0 Å². The summed E-state index contributed by atoms with van der Waals surface area (Å²) in [4.78, 5) is 21.4. The summed E-state index contributed by atoms with van der Waals surface area (Å²) in [6.07, 6.45) is -5.75. The van der Waals surface area contributed by atoms with Crippen LogP contribution < -0.4 is 118 Å². The van der Waals surface area contributed by atoms with E-state index < -0.39 is 44.9 Å². The molecule has 0 aliphatic rings. The maximum absolute atomic E-state index is 10.7. The van der Waals surface area contributed by atoms with Crippen LogP contribution in [0.3, 0.4) is 0 Å². The molecule has 0 amide bonds. The minimum Gasteiger partial charge on any atom is -1.00 e. The third-order valence-corrected chi connectivity index (χ3v) is 1.91. The summed E-state index contributed by atoms with van der Waals surface area (Å²) < 4.78 is 62.5. The quantitative estimate of drug-likeness (QED) is 0.248. The van der Waals surface area contributed by atoms with Crippen LogP contribution in [-0.2, 0) is 38.8 Å². The van der Waals surface area contributed by atoms with Gasteiger partial charge in [0, 0.05) is 0 Å². The van der Waals surface area contributed by atoms with E-state index in [-0.39, 0.29) is 124 Å². The summed E-state index contributed by atoms with van der Waals surface area (Å²) in [5.41, 5.74) is 0. The zero-order valence-electron chi connectivity index (χ0n) is 16.0. The van der Waals surface area contributed by atoms with Crippen LogP contribution in [0.1, 0.15) is 5.71 Å². The van der Waals surface area contributed by atoms with Gasteiger partial charge in [-0.25, -0.2) is 9.59 Å². The van der Waals surface area contributed by atoms with E-state index >= 15 is 0 Å². The smallest absolute Gasteiger partial charge is 1.00 e. The molecule has 0 aromatic rings. The van der Waals surface area contributed by atoms with Crippen molar-refractivity contribution in [2.24, 2.45) is 0 Å². The average molecular weight is 406 g/mol. The zero-order valence-corrected chi connectivity index (χ0v) is 21.7. The van der Waals surface area contributed by atoms with Gasteiger partial charge in [0.05, 0.1) is 0 Å². The molecule has 2 atom stereocenters.